The maximum absolute atomic E-state index is 12.6. The normalized spacial score (nSPS) is 12.2. The number of carbonyl (C=O) groups excluding carboxylic acids is 1. The molecule has 0 spiro atoms. The van der Waals surface area contributed by atoms with E-state index in [0.29, 0.717) is 22.3 Å². The van der Waals surface area contributed by atoms with Gasteiger partial charge in [-0.1, -0.05) is 36.4 Å². The Bertz CT molecular complexity index is 1230. The molecule has 0 aliphatic rings. The van der Waals surface area contributed by atoms with Crippen LogP contribution in [-0.4, -0.2) is 36.0 Å². The second-order valence-corrected chi connectivity index (χ2v) is 7.06. The Hall–Kier alpha value is -3.95. The lowest BCUT2D eigenvalue weighted by Crippen LogP contribution is -2.37. The smallest absolute Gasteiger partial charge is 0.278 e. The molecule has 30 heavy (non-hydrogen) atoms. The van der Waals surface area contributed by atoms with Crippen molar-refractivity contribution < 1.29 is 9.32 Å². The number of hydrogen-bond donors (Lipinski definition) is 1. The van der Waals surface area contributed by atoms with Crippen molar-refractivity contribution in [1.29, 1.82) is 0 Å². The number of nitrogens with one attached hydrogen (secondary N) is 1. The first kappa shape index (κ1) is 19.4. The van der Waals surface area contributed by atoms with Crippen molar-refractivity contribution in [3.05, 3.63) is 65.0 Å². The summed E-state index contributed by atoms with van der Waals surface area (Å²) in [6.07, 6.45) is 3.28. The topological polar surface area (TPSA) is 129 Å². The van der Waals surface area contributed by atoms with Gasteiger partial charge in [-0.2, -0.15) is 4.98 Å². The van der Waals surface area contributed by atoms with Gasteiger partial charge in [-0.25, -0.2) is 4.68 Å². The number of rotatable bonds is 6. The van der Waals surface area contributed by atoms with Gasteiger partial charge in [0.2, 0.25) is 17.6 Å². The Kier molecular flexibility index (Phi) is 5.29. The van der Waals surface area contributed by atoms with Gasteiger partial charge in [-0.05, 0) is 30.2 Å². The molecular formula is C20H19N7O3. The molecule has 3 aromatic heterocycles. The minimum absolute atomic E-state index is 0.0319. The quantitative estimate of drug-likeness (QED) is 0.514. The standard InChI is InChI=1S/C20H19N7O3/c1-12(2)17(19-23-18(25-30-19)13-6-5-9-21-10-13)22-16(28)11-27-20(29)14-7-3-4-8-15(14)24-26-27/h3-10,12,17H,11H2,1-2H3,(H,22,28). The van der Waals surface area contributed by atoms with E-state index < -0.39 is 11.9 Å². The maximum Gasteiger partial charge on any atom is 0.278 e. The first-order valence-electron chi connectivity index (χ1n) is 9.39. The lowest BCUT2D eigenvalue weighted by atomic mass is 10.0. The van der Waals surface area contributed by atoms with Crippen molar-refractivity contribution in [3.63, 3.8) is 0 Å². The summed E-state index contributed by atoms with van der Waals surface area (Å²) >= 11 is 0. The summed E-state index contributed by atoms with van der Waals surface area (Å²) in [5.74, 6) is 0.209. The minimum atomic E-state index is -0.528. The van der Waals surface area contributed by atoms with Gasteiger partial charge in [0.05, 0.1) is 5.39 Å². The summed E-state index contributed by atoms with van der Waals surface area (Å²) in [4.78, 5) is 33.6. The van der Waals surface area contributed by atoms with Crippen molar-refractivity contribution >= 4 is 16.8 Å². The maximum atomic E-state index is 12.6. The molecule has 0 saturated heterocycles. The van der Waals surface area contributed by atoms with Gasteiger partial charge in [0.25, 0.3) is 5.56 Å². The molecule has 4 aromatic rings. The van der Waals surface area contributed by atoms with Crippen molar-refractivity contribution in [2.45, 2.75) is 26.4 Å². The third kappa shape index (κ3) is 3.93. The molecule has 4 rings (SSSR count). The zero-order valence-corrected chi connectivity index (χ0v) is 16.4. The van der Waals surface area contributed by atoms with Gasteiger partial charge in [-0.15, -0.1) is 5.10 Å². The van der Waals surface area contributed by atoms with Crippen LogP contribution in [0.2, 0.25) is 0 Å². The Labute approximate surface area is 171 Å². The Morgan fingerprint density at radius 2 is 2.03 bits per heavy atom. The van der Waals surface area contributed by atoms with Gasteiger partial charge in [-0.3, -0.25) is 14.6 Å². The molecule has 0 aliphatic carbocycles. The SMILES string of the molecule is CC(C)C(NC(=O)Cn1nnc2ccccc2c1=O)c1nc(-c2cccnc2)no1. The van der Waals surface area contributed by atoms with E-state index in [1.54, 1.807) is 42.7 Å². The van der Waals surface area contributed by atoms with Crippen LogP contribution in [0.15, 0.2) is 58.1 Å². The van der Waals surface area contributed by atoms with E-state index in [1.807, 2.05) is 19.9 Å². The van der Waals surface area contributed by atoms with Crippen molar-refractivity contribution in [2.24, 2.45) is 5.92 Å². The predicted octanol–water partition coefficient (Wildman–Crippen LogP) is 1.75. The lowest BCUT2D eigenvalue weighted by molar-refractivity contribution is -0.123. The number of aromatic nitrogens is 6. The van der Waals surface area contributed by atoms with E-state index in [4.69, 9.17) is 4.52 Å². The molecule has 10 nitrogen and oxygen atoms in total. The summed E-state index contributed by atoms with van der Waals surface area (Å²) in [5.41, 5.74) is 0.806. The molecule has 3 heterocycles. The molecule has 0 radical (unpaired) electrons. The van der Waals surface area contributed by atoms with Crippen LogP contribution in [0.1, 0.15) is 25.8 Å². The van der Waals surface area contributed by atoms with E-state index >= 15 is 0 Å². The van der Waals surface area contributed by atoms with Crippen LogP contribution >= 0.6 is 0 Å². The summed E-state index contributed by atoms with van der Waals surface area (Å²) in [5, 5.41) is 15.1. The second kappa shape index (κ2) is 8.19. The van der Waals surface area contributed by atoms with E-state index in [0.717, 1.165) is 4.68 Å². The first-order chi connectivity index (χ1) is 14.5. The van der Waals surface area contributed by atoms with Gasteiger partial charge < -0.3 is 9.84 Å². The Balaban J connectivity index is 1.53. The number of fused-ring (bicyclic) bond motifs is 1. The molecule has 1 N–H and O–H groups in total. The zero-order valence-electron chi connectivity index (χ0n) is 16.4. The number of amides is 1. The second-order valence-electron chi connectivity index (χ2n) is 7.06. The van der Waals surface area contributed by atoms with E-state index in [9.17, 15) is 9.59 Å². The highest BCUT2D eigenvalue weighted by molar-refractivity contribution is 5.78. The number of pyridine rings is 1. The van der Waals surface area contributed by atoms with E-state index in [1.165, 1.54) is 0 Å². The molecule has 0 fully saturated rings. The van der Waals surface area contributed by atoms with Crippen molar-refractivity contribution in [1.82, 2.24) is 35.4 Å². The van der Waals surface area contributed by atoms with Crippen LogP contribution in [0, 0.1) is 5.92 Å². The summed E-state index contributed by atoms with van der Waals surface area (Å²) < 4.78 is 6.41. The molecular weight excluding hydrogens is 386 g/mol. The van der Waals surface area contributed by atoms with Crippen LogP contribution in [0.5, 0.6) is 0 Å². The van der Waals surface area contributed by atoms with Crippen LogP contribution < -0.4 is 10.9 Å². The van der Waals surface area contributed by atoms with Crippen LogP contribution in [0.3, 0.4) is 0 Å². The number of benzene rings is 1. The molecule has 152 valence electrons. The molecule has 0 saturated carbocycles. The molecule has 0 aliphatic heterocycles. The Morgan fingerprint density at radius 3 is 2.80 bits per heavy atom. The largest absolute Gasteiger partial charge is 0.342 e. The minimum Gasteiger partial charge on any atom is -0.342 e. The van der Waals surface area contributed by atoms with E-state index in [2.05, 4.69) is 30.8 Å². The van der Waals surface area contributed by atoms with Gasteiger partial charge in [0.1, 0.15) is 18.1 Å². The molecule has 1 amide bonds. The van der Waals surface area contributed by atoms with Crippen LogP contribution in [0.4, 0.5) is 0 Å². The fraction of sp³-hybridized carbons (Fsp3) is 0.250. The van der Waals surface area contributed by atoms with Crippen LogP contribution in [0.25, 0.3) is 22.3 Å². The van der Waals surface area contributed by atoms with Gasteiger partial charge >= 0.3 is 0 Å². The van der Waals surface area contributed by atoms with Crippen LogP contribution in [-0.2, 0) is 11.3 Å². The van der Waals surface area contributed by atoms with Crippen molar-refractivity contribution in [3.8, 4) is 11.4 Å². The summed E-state index contributed by atoms with van der Waals surface area (Å²) in [6, 6.07) is 9.91. The fourth-order valence-electron chi connectivity index (χ4n) is 2.97. The highest BCUT2D eigenvalue weighted by Crippen LogP contribution is 2.23. The fourth-order valence-corrected chi connectivity index (χ4v) is 2.97. The number of hydrogen-bond acceptors (Lipinski definition) is 8. The summed E-state index contributed by atoms with van der Waals surface area (Å²) in [6.45, 7) is 3.56. The first-order valence-corrected chi connectivity index (χ1v) is 9.39. The number of nitrogens with zero attached hydrogens (tertiary/aromatic N) is 6. The average Bonchev–Trinajstić information content (AvgIpc) is 3.24. The Morgan fingerprint density at radius 1 is 1.20 bits per heavy atom. The molecule has 0 bridgehead atoms. The highest BCUT2D eigenvalue weighted by Gasteiger charge is 2.25. The highest BCUT2D eigenvalue weighted by atomic mass is 16.5. The number of carbonyl (C=O) groups is 1. The molecule has 1 aromatic carbocycles. The monoisotopic (exact) mass is 405 g/mol. The van der Waals surface area contributed by atoms with Crippen molar-refractivity contribution in [2.75, 3.05) is 0 Å². The molecule has 1 atom stereocenters. The zero-order chi connectivity index (χ0) is 21.1. The van der Waals surface area contributed by atoms with Gasteiger partial charge in [0.15, 0.2) is 0 Å². The average molecular weight is 405 g/mol. The van der Waals surface area contributed by atoms with E-state index in [-0.39, 0.29) is 23.9 Å². The lowest BCUT2D eigenvalue weighted by Gasteiger charge is -2.18. The molecule has 10 heteroatoms. The summed E-state index contributed by atoms with van der Waals surface area (Å²) in [7, 11) is 0. The third-order valence-electron chi connectivity index (χ3n) is 4.53. The third-order valence-corrected chi connectivity index (χ3v) is 4.53. The molecule has 1 unspecified atom stereocenters. The van der Waals surface area contributed by atoms with Gasteiger partial charge in [0, 0.05) is 18.0 Å². The predicted molar refractivity (Wildman–Crippen MR) is 107 cm³/mol.